The van der Waals surface area contributed by atoms with E-state index < -0.39 is 0 Å². The van der Waals surface area contributed by atoms with Gasteiger partial charge in [0.2, 0.25) is 0 Å². The Hall–Kier alpha value is -1.35. The molecule has 0 bridgehead atoms. The molecule has 0 aromatic carbocycles. The molecule has 70 valence electrons. The molecule has 0 aliphatic heterocycles. The van der Waals surface area contributed by atoms with Gasteiger partial charge < -0.3 is 10.1 Å². The Bertz CT molecular complexity index is 286. The Morgan fingerprint density at radius 3 is 3.00 bits per heavy atom. The third kappa shape index (κ3) is 2.06. The summed E-state index contributed by atoms with van der Waals surface area (Å²) >= 11 is 0. The number of ether oxygens (including phenoxy) is 1. The fourth-order valence-corrected chi connectivity index (χ4v) is 1.22. The number of aromatic nitrogens is 1. The summed E-state index contributed by atoms with van der Waals surface area (Å²) in [5, 5.41) is 3.12. The van der Waals surface area contributed by atoms with E-state index >= 15 is 0 Å². The lowest BCUT2D eigenvalue weighted by atomic mass is 10.1. The van der Waals surface area contributed by atoms with Crippen molar-refractivity contribution < 1.29 is 4.74 Å². The number of hydrogen-bond donors (Lipinski definition) is 1. The van der Waals surface area contributed by atoms with Crippen molar-refractivity contribution in [3.05, 3.63) is 36.7 Å². The molecule has 1 atom stereocenters. The minimum atomic E-state index is 0.109. The monoisotopic (exact) mass is 178 g/mol. The van der Waals surface area contributed by atoms with Gasteiger partial charge in [-0.25, -0.2) is 0 Å². The summed E-state index contributed by atoms with van der Waals surface area (Å²) in [7, 11) is 3.52. The normalized spacial score (nSPS) is 12.2. The Labute approximate surface area is 78.4 Å². The summed E-state index contributed by atoms with van der Waals surface area (Å²) in [6.45, 7) is 3.75. The van der Waals surface area contributed by atoms with E-state index in [0.29, 0.717) is 0 Å². The molecule has 3 nitrogen and oxygen atoms in total. The second-order valence-electron chi connectivity index (χ2n) is 2.62. The number of nitrogens with one attached hydrogen (secondary N) is 1. The fraction of sp³-hybridized carbons (Fsp3) is 0.300. The van der Waals surface area contributed by atoms with Crippen LogP contribution >= 0.6 is 0 Å². The molecule has 0 aliphatic rings. The zero-order chi connectivity index (χ0) is 9.68. The highest BCUT2D eigenvalue weighted by Gasteiger charge is 2.09. The molecule has 1 unspecified atom stereocenters. The number of pyridine rings is 1. The number of likely N-dealkylation sites (N-methyl/N-ethyl adjacent to an activating group) is 1. The second-order valence-corrected chi connectivity index (χ2v) is 2.62. The third-order valence-corrected chi connectivity index (χ3v) is 1.92. The molecule has 0 aliphatic carbocycles. The number of methoxy groups -OCH3 is 1. The zero-order valence-electron chi connectivity index (χ0n) is 7.95. The van der Waals surface area contributed by atoms with Crippen LogP contribution < -0.4 is 10.1 Å². The first-order valence-corrected chi connectivity index (χ1v) is 4.11. The van der Waals surface area contributed by atoms with Crippen LogP contribution in [0.2, 0.25) is 0 Å². The van der Waals surface area contributed by atoms with Crippen molar-refractivity contribution in [2.24, 2.45) is 0 Å². The van der Waals surface area contributed by atoms with Gasteiger partial charge in [-0.15, -0.1) is 6.58 Å². The largest absolute Gasteiger partial charge is 0.495 e. The van der Waals surface area contributed by atoms with Gasteiger partial charge in [-0.2, -0.15) is 0 Å². The highest BCUT2D eigenvalue weighted by Crippen LogP contribution is 2.23. The summed E-state index contributed by atoms with van der Waals surface area (Å²) in [6.07, 6.45) is 5.27. The summed E-state index contributed by atoms with van der Waals surface area (Å²) in [6, 6.07) is 2.03. The maximum absolute atomic E-state index is 5.18. The maximum atomic E-state index is 5.18. The first-order chi connectivity index (χ1) is 6.33. The lowest BCUT2D eigenvalue weighted by Crippen LogP contribution is -2.14. The molecular formula is C10H14N2O. The molecule has 1 aromatic rings. The van der Waals surface area contributed by atoms with Gasteiger partial charge in [0.1, 0.15) is 5.75 Å². The first-order valence-electron chi connectivity index (χ1n) is 4.11. The van der Waals surface area contributed by atoms with Crippen molar-refractivity contribution in [1.29, 1.82) is 0 Å². The van der Waals surface area contributed by atoms with E-state index in [4.69, 9.17) is 4.74 Å². The van der Waals surface area contributed by atoms with Crippen LogP contribution in [0.15, 0.2) is 31.1 Å². The first kappa shape index (κ1) is 9.74. The zero-order valence-corrected chi connectivity index (χ0v) is 7.95. The van der Waals surface area contributed by atoms with E-state index in [0.717, 1.165) is 11.3 Å². The Balaban J connectivity index is 3.03. The molecule has 0 amide bonds. The summed E-state index contributed by atoms with van der Waals surface area (Å²) in [4.78, 5) is 3.98. The fourth-order valence-electron chi connectivity index (χ4n) is 1.22. The molecule has 13 heavy (non-hydrogen) atoms. The van der Waals surface area contributed by atoms with Crippen LogP contribution in [0.3, 0.4) is 0 Å². The molecule has 1 heterocycles. The molecule has 0 spiro atoms. The van der Waals surface area contributed by atoms with Crippen LogP contribution in [-0.4, -0.2) is 19.1 Å². The molecule has 3 heteroatoms. The van der Waals surface area contributed by atoms with E-state index in [1.165, 1.54) is 0 Å². The van der Waals surface area contributed by atoms with Crippen molar-refractivity contribution >= 4 is 0 Å². The van der Waals surface area contributed by atoms with E-state index in [1.54, 1.807) is 19.5 Å². The molecule has 0 saturated heterocycles. The third-order valence-electron chi connectivity index (χ3n) is 1.92. The molecule has 0 saturated carbocycles. The maximum Gasteiger partial charge on any atom is 0.142 e. The lowest BCUT2D eigenvalue weighted by Gasteiger charge is -2.14. The molecule has 1 rings (SSSR count). The van der Waals surface area contributed by atoms with Crippen LogP contribution in [0.1, 0.15) is 11.6 Å². The Kier molecular flexibility index (Phi) is 3.46. The predicted molar refractivity (Wildman–Crippen MR) is 52.8 cm³/mol. The quantitative estimate of drug-likeness (QED) is 0.710. The second kappa shape index (κ2) is 4.62. The van der Waals surface area contributed by atoms with Gasteiger partial charge in [0.15, 0.2) is 0 Å². The van der Waals surface area contributed by atoms with Crippen molar-refractivity contribution in [3.8, 4) is 5.75 Å². The Morgan fingerprint density at radius 1 is 1.69 bits per heavy atom. The van der Waals surface area contributed by atoms with E-state index in [-0.39, 0.29) is 6.04 Å². The minimum Gasteiger partial charge on any atom is -0.495 e. The van der Waals surface area contributed by atoms with E-state index in [9.17, 15) is 0 Å². The molecule has 0 fully saturated rings. The lowest BCUT2D eigenvalue weighted by molar-refractivity contribution is 0.404. The number of rotatable bonds is 4. The number of nitrogens with zero attached hydrogens (tertiary/aromatic N) is 1. The van der Waals surface area contributed by atoms with Crippen LogP contribution in [0.5, 0.6) is 5.75 Å². The van der Waals surface area contributed by atoms with Crippen LogP contribution in [-0.2, 0) is 0 Å². The van der Waals surface area contributed by atoms with Crippen molar-refractivity contribution in [2.45, 2.75) is 6.04 Å². The van der Waals surface area contributed by atoms with E-state index in [1.807, 2.05) is 19.2 Å². The van der Waals surface area contributed by atoms with Gasteiger partial charge in [0.05, 0.1) is 19.3 Å². The van der Waals surface area contributed by atoms with E-state index in [2.05, 4.69) is 16.9 Å². The summed E-state index contributed by atoms with van der Waals surface area (Å²) in [5.74, 6) is 0.779. The van der Waals surface area contributed by atoms with Crippen LogP contribution in [0.4, 0.5) is 0 Å². The van der Waals surface area contributed by atoms with Gasteiger partial charge in [-0.05, 0) is 13.1 Å². The van der Waals surface area contributed by atoms with Crippen LogP contribution in [0.25, 0.3) is 0 Å². The Morgan fingerprint density at radius 2 is 2.46 bits per heavy atom. The smallest absolute Gasteiger partial charge is 0.142 e. The SMILES string of the molecule is C=CC(NC)c1ccncc1OC. The molecular weight excluding hydrogens is 164 g/mol. The van der Waals surface area contributed by atoms with Gasteiger partial charge in [-0.1, -0.05) is 6.08 Å². The highest BCUT2D eigenvalue weighted by molar-refractivity contribution is 5.34. The summed E-state index contributed by atoms with van der Waals surface area (Å²) < 4.78 is 5.18. The highest BCUT2D eigenvalue weighted by atomic mass is 16.5. The molecule has 1 N–H and O–H groups in total. The molecule has 0 radical (unpaired) electrons. The van der Waals surface area contributed by atoms with Gasteiger partial charge in [0.25, 0.3) is 0 Å². The molecule has 1 aromatic heterocycles. The predicted octanol–water partition coefficient (Wildman–Crippen LogP) is 1.54. The average Bonchev–Trinajstić information content (AvgIpc) is 2.20. The van der Waals surface area contributed by atoms with Gasteiger partial charge in [0, 0.05) is 11.8 Å². The summed E-state index contributed by atoms with van der Waals surface area (Å²) in [5.41, 5.74) is 1.05. The average molecular weight is 178 g/mol. The van der Waals surface area contributed by atoms with Gasteiger partial charge in [-0.3, -0.25) is 4.98 Å². The van der Waals surface area contributed by atoms with Crippen LogP contribution in [0, 0.1) is 0 Å². The van der Waals surface area contributed by atoms with Crippen molar-refractivity contribution in [3.63, 3.8) is 0 Å². The topological polar surface area (TPSA) is 34.2 Å². The van der Waals surface area contributed by atoms with Crippen molar-refractivity contribution in [1.82, 2.24) is 10.3 Å². The minimum absolute atomic E-state index is 0.109. The standard InChI is InChI=1S/C10H14N2O/c1-4-9(11-2)8-5-6-12-7-10(8)13-3/h4-7,9,11H,1H2,2-3H3. The number of hydrogen-bond acceptors (Lipinski definition) is 3. The van der Waals surface area contributed by atoms with Gasteiger partial charge >= 0.3 is 0 Å². The van der Waals surface area contributed by atoms with Crippen molar-refractivity contribution in [2.75, 3.05) is 14.2 Å².